The maximum atomic E-state index is 13.2. The average Bonchev–Trinajstić information content (AvgIpc) is 3.18. The summed E-state index contributed by atoms with van der Waals surface area (Å²) in [5, 5.41) is 9.72. The van der Waals surface area contributed by atoms with Gasteiger partial charge < -0.3 is 14.6 Å². The smallest absolute Gasteiger partial charge is 0.335 e. The van der Waals surface area contributed by atoms with Crippen molar-refractivity contribution < 1.29 is 28.6 Å². The summed E-state index contributed by atoms with van der Waals surface area (Å²) in [5.41, 5.74) is 2.15. The van der Waals surface area contributed by atoms with Gasteiger partial charge in [0.05, 0.1) is 22.8 Å². The SMILES string of the molecule is CCOc1cc(C=C2SC(=Nc3cccc(C(=O)O)c3)N(CC)C2=O)ccc1OCc1ccc(F)cc1. The van der Waals surface area contributed by atoms with Crippen LogP contribution in [0.3, 0.4) is 0 Å². The van der Waals surface area contributed by atoms with Crippen LogP contribution in [-0.4, -0.2) is 40.2 Å². The Morgan fingerprint density at radius 1 is 1.05 bits per heavy atom. The van der Waals surface area contributed by atoms with Crippen LogP contribution in [0.25, 0.3) is 6.08 Å². The summed E-state index contributed by atoms with van der Waals surface area (Å²) in [6.45, 7) is 4.82. The summed E-state index contributed by atoms with van der Waals surface area (Å²) in [7, 11) is 0. The van der Waals surface area contributed by atoms with Crippen LogP contribution in [0.5, 0.6) is 11.5 Å². The minimum Gasteiger partial charge on any atom is -0.490 e. The number of hydrogen-bond donors (Lipinski definition) is 1. The van der Waals surface area contributed by atoms with Crippen LogP contribution in [0.4, 0.5) is 10.1 Å². The van der Waals surface area contributed by atoms with E-state index in [1.807, 2.05) is 19.9 Å². The first-order valence-electron chi connectivity index (χ1n) is 11.7. The minimum atomic E-state index is -1.04. The van der Waals surface area contributed by atoms with E-state index < -0.39 is 5.97 Å². The number of amides is 1. The fourth-order valence-corrected chi connectivity index (χ4v) is 4.65. The molecule has 0 aliphatic carbocycles. The first-order chi connectivity index (χ1) is 17.9. The van der Waals surface area contributed by atoms with Crippen LogP contribution < -0.4 is 9.47 Å². The van der Waals surface area contributed by atoms with Crippen molar-refractivity contribution in [3.63, 3.8) is 0 Å². The molecule has 7 nitrogen and oxygen atoms in total. The van der Waals surface area contributed by atoms with Gasteiger partial charge in [-0.25, -0.2) is 14.2 Å². The summed E-state index contributed by atoms with van der Waals surface area (Å²) in [5.74, 6) is -0.467. The van der Waals surface area contributed by atoms with Gasteiger partial charge in [0.1, 0.15) is 12.4 Å². The molecule has 0 atom stereocenters. The Hall–Kier alpha value is -4.11. The molecule has 1 fully saturated rings. The highest BCUT2D eigenvalue weighted by Gasteiger charge is 2.32. The van der Waals surface area contributed by atoms with E-state index in [1.54, 1.807) is 47.4 Å². The Balaban J connectivity index is 1.57. The quantitative estimate of drug-likeness (QED) is 0.342. The van der Waals surface area contributed by atoms with Crippen molar-refractivity contribution in [1.29, 1.82) is 0 Å². The largest absolute Gasteiger partial charge is 0.490 e. The van der Waals surface area contributed by atoms with Gasteiger partial charge in [-0.05, 0) is 85.3 Å². The number of likely N-dealkylation sites (N-methyl/N-ethyl adjacent to an activating group) is 1. The van der Waals surface area contributed by atoms with Crippen molar-refractivity contribution in [3.05, 3.63) is 94.1 Å². The Morgan fingerprint density at radius 2 is 1.84 bits per heavy atom. The standard InChI is InChI=1S/C28H25FN2O5S/c1-3-31-26(32)25(37-28(31)30-22-7-5-6-20(16-22)27(33)34)15-19-10-13-23(24(14-19)35-4-2)36-17-18-8-11-21(29)12-9-18/h5-16H,3-4,17H2,1-2H3,(H,33,34). The van der Waals surface area contributed by atoms with Gasteiger partial charge in [-0.15, -0.1) is 0 Å². The number of nitrogens with zero attached hydrogens (tertiary/aromatic N) is 2. The molecule has 9 heteroatoms. The molecule has 1 amide bonds. The number of carboxylic acids is 1. The zero-order valence-corrected chi connectivity index (χ0v) is 21.1. The van der Waals surface area contributed by atoms with E-state index in [0.29, 0.717) is 40.4 Å². The van der Waals surface area contributed by atoms with E-state index in [1.165, 1.54) is 36.0 Å². The Bertz CT molecular complexity index is 1370. The van der Waals surface area contributed by atoms with Gasteiger partial charge in [0.25, 0.3) is 5.91 Å². The van der Waals surface area contributed by atoms with Gasteiger partial charge in [0.2, 0.25) is 0 Å². The number of aliphatic imine (C=N–C) groups is 1. The lowest BCUT2D eigenvalue weighted by Gasteiger charge is -2.13. The van der Waals surface area contributed by atoms with Gasteiger partial charge in [-0.1, -0.05) is 24.3 Å². The van der Waals surface area contributed by atoms with Crippen molar-refractivity contribution >= 4 is 40.6 Å². The molecule has 0 aromatic heterocycles. The molecule has 1 N–H and O–H groups in total. The topological polar surface area (TPSA) is 88.4 Å². The zero-order valence-electron chi connectivity index (χ0n) is 20.3. The molecule has 0 bridgehead atoms. The third kappa shape index (κ3) is 6.37. The first-order valence-corrected chi connectivity index (χ1v) is 12.5. The second kappa shape index (κ2) is 11.7. The fraction of sp³-hybridized carbons (Fsp3) is 0.179. The molecular formula is C28H25FN2O5S. The molecule has 3 aromatic carbocycles. The molecule has 0 saturated carbocycles. The lowest BCUT2D eigenvalue weighted by atomic mass is 10.1. The van der Waals surface area contributed by atoms with Gasteiger partial charge in [-0.3, -0.25) is 9.69 Å². The maximum absolute atomic E-state index is 13.2. The van der Waals surface area contributed by atoms with Gasteiger partial charge in [-0.2, -0.15) is 0 Å². The number of aromatic carboxylic acids is 1. The highest BCUT2D eigenvalue weighted by atomic mass is 32.2. The summed E-state index contributed by atoms with van der Waals surface area (Å²) in [4.78, 5) is 30.9. The second-order valence-electron chi connectivity index (χ2n) is 7.96. The number of benzene rings is 3. The molecule has 1 aliphatic heterocycles. The lowest BCUT2D eigenvalue weighted by Crippen LogP contribution is -2.28. The number of carboxylic acid groups (broad SMARTS) is 1. The van der Waals surface area contributed by atoms with Crippen molar-refractivity contribution in [1.82, 2.24) is 4.90 Å². The molecular weight excluding hydrogens is 495 g/mol. The van der Waals surface area contributed by atoms with Crippen LogP contribution in [0.1, 0.15) is 35.3 Å². The second-order valence-corrected chi connectivity index (χ2v) is 8.97. The van der Waals surface area contributed by atoms with Crippen LogP contribution in [0, 0.1) is 5.82 Å². The third-order valence-corrected chi connectivity index (χ3v) is 6.40. The summed E-state index contributed by atoms with van der Waals surface area (Å²) < 4.78 is 24.8. The molecule has 37 heavy (non-hydrogen) atoms. The Labute approximate surface area is 218 Å². The van der Waals surface area contributed by atoms with Crippen molar-refractivity contribution in [2.24, 2.45) is 4.99 Å². The number of amidine groups is 1. The lowest BCUT2D eigenvalue weighted by molar-refractivity contribution is -0.122. The number of ether oxygens (including phenoxy) is 2. The summed E-state index contributed by atoms with van der Waals surface area (Å²) in [6.07, 6.45) is 1.76. The number of rotatable bonds is 9. The molecule has 3 aromatic rings. The Morgan fingerprint density at radius 3 is 2.54 bits per heavy atom. The number of carbonyl (C=O) groups is 2. The summed E-state index contributed by atoms with van der Waals surface area (Å²) in [6, 6.07) is 17.8. The molecule has 0 spiro atoms. The highest BCUT2D eigenvalue weighted by Crippen LogP contribution is 2.36. The predicted molar refractivity (Wildman–Crippen MR) is 142 cm³/mol. The first kappa shape index (κ1) is 26.0. The minimum absolute atomic E-state index is 0.125. The van der Waals surface area contributed by atoms with E-state index >= 15 is 0 Å². The highest BCUT2D eigenvalue weighted by molar-refractivity contribution is 8.18. The number of hydrogen-bond acceptors (Lipinski definition) is 6. The number of carbonyl (C=O) groups excluding carboxylic acids is 1. The van der Waals surface area contributed by atoms with E-state index in [0.717, 1.165) is 11.1 Å². The van der Waals surface area contributed by atoms with Crippen molar-refractivity contribution in [2.45, 2.75) is 20.5 Å². The molecule has 4 rings (SSSR count). The molecule has 0 unspecified atom stereocenters. The van der Waals surface area contributed by atoms with Crippen LogP contribution in [-0.2, 0) is 11.4 Å². The molecule has 0 radical (unpaired) electrons. The molecule has 1 heterocycles. The molecule has 1 saturated heterocycles. The van der Waals surface area contributed by atoms with Crippen LogP contribution in [0.2, 0.25) is 0 Å². The normalized spacial score (nSPS) is 15.4. The van der Waals surface area contributed by atoms with E-state index in [-0.39, 0.29) is 23.9 Å². The fourth-order valence-electron chi connectivity index (χ4n) is 3.58. The summed E-state index contributed by atoms with van der Waals surface area (Å²) >= 11 is 1.22. The van der Waals surface area contributed by atoms with Gasteiger partial charge in [0, 0.05) is 6.54 Å². The monoisotopic (exact) mass is 520 g/mol. The maximum Gasteiger partial charge on any atom is 0.335 e. The van der Waals surface area contributed by atoms with E-state index in [9.17, 15) is 19.1 Å². The Kier molecular flexibility index (Phi) is 8.25. The molecule has 190 valence electrons. The number of thioether (sulfide) groups is 1. The van der Waals surface area contributed by atoms with Gasteiger partial charge in [0.15, 0.2) is 16.7 Å². The molecule has 1 aliphatic rings. The van der Waals surface area contributed by atoms with Crippen LogP contribution >= 0.6 is 11.8 Å². The van der Waals surface area contributed by atoms with E-state index in [4.69, 9.17) is 9.47 Å². The number of halogens is 1. The van der Waals surface area contributed by atoms with Crippen LogP contribution in [0.15, 0.2) is 76.6 Å². The predicted octanol–water partition coefficient (Wildman–Crippen LogP) is 6.13. The van der Waals surface area contributed by atoms with Crippen molar-refractivity contribution in [3.8, 4) is 11.5 Å². The van der Waals surface area contributed by atoms with Gasteiger partial charge >= 0.3 is 5.97 Å². The van der Waals surface area contributed by atoms with E-state index in [2.05, 4.69) is 4.99 Å². The third-order valence-electron chi connectivity index (χ3n) is 5.40. The average molecular weight is 521 g/mol. The zero-order chi connectivity index (χ0) is 26.4. The van der Waals surface area contributed by atoms with Crippen molar-refractivity contribution in [2.75, 3.05) is 13.2 Å².